The maximum atomic E-state index is 5.07. The fraction of sp³-hybridized carbons (Fsp3) is 0. The first-order chi connectivity index (χ1) is 26.8. The van der Waals surface area contributed by atoms with E-state index in [0.717, 1.165) is 33.4 Å². The van der Waals surface area contributed by atoms with Crippen molar-refractivity contribution in [3.05, 3.63) is 176 Å². The topological polar surface area (TPSA) is 48.0 Å². The van der Waals surface area contributed by atoms with Gasteiger partial charge in [0.1, 0.15) is 0 Å². The first-order valence-corrected chi connectivity index (χ1v) is 18.3. The summed E-state index contributed by atoms with van der Waals surface area (Å²) < 4.78 is 4.89. The highest BCUT2D eigenvalue weighted by molar-refractivity contribution is 6.28. The van der Waals surface area contributed by atoms with E-state index in [2.05, 4.69) is 124 Å². The van der Waals surface area contributed by atoms with Gasteiger partial charge in [0.05, 0.1) is 27.6 Å². The van der Waals surface area contributed by atoms with Crippen molar-refractivity contribution in [2.75, 3.05) is 0 Å². The molecule has 0 amide bonds. The van der Waals surface area contributed by atoms with Crippen molar-refractivity contribution in [2.45, 2.75) is 0 Å². The zero-order valence-electron chi connectivity index (χ0n) is 29.0. The van der Waals surface area contributed by atoms with E-state index >= 15 is 0 Å². The molecule has 0 unspecified atom stereocenters. The van der Waals surface area contributed by atoms with Crippen LogP contribution in [0.5, 0.6) is 0 Å². The summed E-state index contributed by atoms with van der Waals surface area (Å²) in [7, 11) is 0. The van der Waals surface area contributed by atoms with Crippen molar-refractivity contribution in [1.29, 1.82) is 0 Å². The van der Waals surface area contributed by atoms with E-state index < -0.39 is 0 Å². The molecule has 0 N–H and O–H groups in total. The molecule has 0 fully saturated rings. The van der Waals surface area contributed by atoms with Crippen LogP contribution in [0.3, 0.4) is 0 Å². The summed E-state index contributed by atoms with van der Waals surface area (Å²) in [6.07, 6.45) is 0. The summed E-state index contributed by atoms with van der Waals surface area (Å²) in [5, 5.41) is 10.1. The van der Waals surface area contributed by atoms with Gasteiger partial charge in [-0.2, -0.15) is 0 Å². The number of rotatable bonds is 4. The Hall–Kier alpha value is -7.37. The number of fused-ring (bicyclic) bond motifs is 11. The van der Waals surface area contributed by atoms with Crippen LogP contribution in [0.25, 0.3) is 111 Å². The Labute approximate surface area is 309 Å². The minimum atomic E-state index is 0.633. The van der Waals surface area contributed by atoms with Crippen molar-refractivity contribution in [3.8, 4) is 39.9 Å². The summed E-state index contributed by atoms with van der Waals surface area (Å²) in [4.78, 5) is 15.1. The average Bonchev–Trinajstić information content (AvgIpc) is 3.88. The van der Waals surface area contributed by atoms with E-state index in [1.807, 2.05) is 60.7 Å². The molecule has 8 aromatic carbocycles. The maximum Gasteiger partial charge on any atom is 0.164 e. The Balaban J connectivity index is 1.16. The molecule has 5 heteroatoms. The molecular weight excluding hydrogens is 659 g/mol. The molecule has 0 atom stereocenters. The van der Waals surface area contributed by atoms with Crippen molar-refractivity contribution in [3.63, 3.8) is 0 Å². The van der Waals surface area contributed by atoms with E-state index in [1.54, 1.807) is 0 Å². The normalized spacial score (nSPS) is 12.1. The SMILES string of the molecule is c1ccc(-c2nc(-c3ccccc3)nc(-c3cccc(-n4c5cc6c(cc5c5c7ccccc7ccc54)c4cccc5c7ccccc7n6c54)c3)n2)cc1. The minimum absolute atomic E-state index is 0.633. The molecule has 0 aliphatic rings. The van der Waals surface area contributed by atoms with Crippen molar-refractivity contribution >= 4 is 70.7 Å². The highest BCUT2D eigenvalue weighted by atomic mass is 15.0. The lowest BCUT2D eigenvalue weighted by atomic mass is 10.0. The third kappa shape index (κ3) is 4.12. The summed E-state index contributed by atoms with van der Waals surface area (Å²) in [5.41, 5.74) is 9.89. The highest BCUT2D eigenvalue weighted by Gasteiger charge is 2.22. The Kier molecular flexibility index (Phi) is 5.99. The second kappa shape index (κ2) is 11.1. The lowest BCUT2D eigenvalue weighted by Crippen LogP contribution is -2.01. The fourth-order valence-corrected chi connectivity index (χ4v) is 8.71. The Bertz CT molecular complexity index is 3370. The van der Waals surface area contributed by atoms with Gasteiger partial charge in [-0.3, -0.25) is 0 Å². The number of hydrogen-bond acceptors (Lipinski definition) is 3. The highest BCUT2D eigenvalue weighted by Crippen LogP contribution is 2.44. The third-order valence-electron chi connectivity index (χ3n) is 11.1. The standard InChI is InChI=1S/C49H29N5/c1-3-14-31(15-4-1)47-50-48(32-16-5-2-6-17-32)52-49(51-47)33-18-11-19-34(27-33)53-42-26-25-30-13-7-8-20-35(30)45(42)40-28-39-38-23-12-22-37-36-21-9-10-24-41(36)54(46(37)38)43(39)29-44(40)53/h1-29H. The third-order valence-corrected chi connectivity index (χ3v) is 11.1. The second-order valence-electron chi connectivity index (χ2n) is 14.0. The predicted octanol–water partition coefficient (Wildman–Crippen LogP) is 12.3. The molecule has 0 aliphatic heterocycles. The van der Waals surface area contributed by atoms with Crippen LogP contribution in [0.15, 0.2) is 176 Å². The van der Waals surface area contributed by atoms with E-state index in [1.165, 1.54) is 59.6 Å². The van der Waals surface area contributed by atoms with Crippen LogP contribution in [0.4, 0.5) is 0 Å². The van der Waals surface area contributed by atoms with Gasteiger partial charge in [-0.15, -0.1) is 0 Å². The van der Waals surface area contributed by atoms with E-state index in [4.69, 9.17) is 15.0 Å². The minimum Gasteiger partial charge on any atom is -0.309 e. The van der Waals surface area contributed by atoms with Crippen LogP contribution in [0, 0.1) is 0 Å². The van der Waals surface area contributed by atoms with Gasteiger partial charge in [0.2, 0.25) is 0 Å². The number of benzene rings is 8. The monoisotopic (exact) mass is 687 g/mol. The van der Waals surface area contributed by atoms with Gasteiger partial charge in [-0.05, 0) is 47.2 Å². The van der Waals surface area contributed by atoms with Gasteiger partial charge in [0.15, 0.2) is 17.5 Å². The van der Waals surface area contributed by atoms with Crippen LogP contribution in [-0.4, -0.2) is 23.9 Å². The van der Waals surface area contributed by atoms with Gasteiger partial charge in [-0.25, -0.2) is 15.0 Å². The zero-order chi connectivity index (χ0) is 35.3. The summed E-state index contributed by atoms with van der Waals surface area (Å²) in [6.45, 7) is 0. The lowest BCUT2D eigenvalue weighted by molar-refractivity contribution is 1.07. The van der Waals surface area contributed by atoms with Gasteiger partial charge in [0, 0.05) is 54.7 Å². The smallest absolute Gasteiger partial charge is 0.164 e. The molecule has 0 bridgehead atoms. The molecule has 0 saturated carbocycles. The summed E-state index contributed by atoms with van der Waals surface area (Å²) in [5.74, 6) is 1.93. The molecule has 54 heavy (non-hydrogen) atoms. The summed E-state index contributed by atoms with van der Waals surface area (Å²) in [6, 6.07) is 62.5. The largest absolute Gasteiger partial charge is 0.309 e. The lowest BCUT2D eigenvalue weighted by Gasteiger charge is -2.12. The first kappa shape index (κ1) is 29.2. The number of aromatic nitrogens is 5. The van der Waals surface area contributed by atoms with Gasteiger partial charge >= 0.3 is 0 Å². The van der Waals surface area contributed by atoms with E-state index in [-0.39, 0.29) is 0 Å². The molecule has 0 aliphatic carbocycles. The molecule has 250 valence electrons. The maximum absolute atomic E-state index is 5.07. The molecule has 12 rings (SSSR count). The molecule has 4 aromatic heterocycles. The molecule has 12 aromatic rings. The molecular formula is C49H29N5. The average molecular weight is 688 g/mol. The van der Waals surface area contributed by atoms with Crippen LogP contribution in [0.2, 0.25) is 0 Å². The predicted molar refractivity (Wildman–Crippen MR) is 223 cm³/mol. The number of para-hydroxylation sites is 2. The quantitative estimate of drug-likeness (QED) is 0.185. The number of nitrogens with zero attached hydrogens (tertiary/aromatic N) is 5. The molecule has 5 nitrogen and oxygen atoms in total. The first-order valence-electron chi connectivity index (χ1n) is 18.3. The molecule has 0 radical (unpaired) electrons. The van der Waals surface area contributed by atoms with Crippen LogP contribution in [0.1, 0.15) is 0 Å². The van der Waals surface area contributed by atoms with Crippen LogP contribution >= 0.6 is 0 Å². The van der Waals surface area contributed by atoms with E-state index in [9.17, 15) is 0 Å². The van der Waals surface area contributed by atoms with Crippen molar-refractivity contribution in [2.24, 2.45) is 0 Å². The zero-order valence-corrected chi connectivity index (χ0v) is 29.0. The van der Waals surface area contributed by atoms with E-state index in [0.29, 0.717) is 17.5 Å². The van der Waals surface area contributed by atoms with Gasteiger partial charge in [-0.1, -0.05) is 140 Å². The van der Waals surface area contributed by atoms with Crippen LogP contribution in [-0.2, 0) is 0 Å². The molecule has 0 saturated heterocycles. The summed E-state index contributed by atoms with van der Waals surface area (Å²) >= 11 is 0. The Morgan fingerprint density at radius 2 is 0.926 bits per heavy atom. The Morgan fingerprint density at radius 1 is 0.333 bits per heavy atom. The van der Waals surface area contributed by atoms with Crippen LogP contribution < -0.4 is 0 Å². The van der Waals surface area contributed by atoms with Crippen molar-refractivity contribution in [1.82, 2.24) is 23.9 Å². The Morgan fingerprint density at radius 3 is 1.69 bits per heavy atom. The fourth-order valence-electron chi connectivity index (χ4n) is 8.71. The van der Waals surface area contributed by atoms with Crippen molar-refractivity contribution < 1.29 is 0 Å². The van der Waals surface area contributed by atoms with Gasteiger partial charge in [0.25, 0.3) is 0 Å². The molecule has 4 heterocycles. The van der Waals surface area contributed by atoms with Gasteiger partial charge < -0.3 is 8.97 Å². The number of hydrogen-bond donors (Lipinski definition) is 0. The second-order valence-corrected chi connectivity index (χ2v) is 14.0. The molecule has 0 spiro atoms.